The van der Waals surface area contributed by atoms with Crippen molar-refractivity contribution in [3.63, 3.8) is 0 Å². The van der Waals surface area contributed by atoms with E-state index in [1.54, 1.807) is 0 Å². The highest BCUT2D eigenvalue weighted by Gasteiger charge is 2.67. The van der Waals surface area contributed by atoms with Crippen LogP contribution in [0.1, 0.15) is 66.2 Å². The number of fused-ring (bicyclic) bond motifs is 3. The van der Waals surface area contributed by atoms with E-state index < -0.39 is 5.79 Å². The molecule has 0 aromatic carbocycles. The van der Waals surface area contributed by atoms with Gasteiger partial charge in [-0.05, 0) is 60.3 Å². The summed E-state index contributed by atoms with van der Waals surface area (Å²) < 4.78 is 12.4. The molecule has 3 nitrogen and oxygen atoms in total. The monoisotopic (exact) mass is 332 g/mol. The Labute approximate surface area is 146 Å². The molecule has 0 unspecified atom stereocenters. The second-order valence-corrected chi connectivity index (χ2v) is 9.44. The quantitative estimate of drug-likeness (QED) is 0.709. The molecule has 0 bridgehead atoms. The summed E-state index contributed by atoms with van der Waals surface area (Å²) in [7, 11) is 0. The second kappa shape index (κ2) is 5.41. The van der Waals surface area contributed by atoms with E-state index in [2.05, 4.69) is 33.8 Å². The van der Waals surface area contributed by atoms with Gasteiger partial charge in [0.05, 0.1) is 19.1 Å². The highest BCUT2D eigenvalue weighted by Crippen LogP contribution is 2.65. The van der Waals surface area contributed by atoms with E-state index >= 15 is 0 Å². The number of carbonyl (C=O) groups is 1. The lowest BCUT2D eigenvalue weighted by atomic mass is 9.66. The molecule has 24 heavy (non-hydrogen) atoms. The number of Topliss-reactive ketones (excluding diaryl/α,β-unsaturated/α-hetero) is 1. The first kappa shape index (κ1) is 16.8. The van der Waals surface area contributed by atoms with Gasteiger partial charge in [0.2, 0.25) is 0 Å². The van der Waals surface area contributed by atoms with Crippen molar-refractivity contribution in [1.29, 1.82) is 0 Å². The van der Waals surface area contributed by atoms with Gasteiger partial charge in [0.15, 0.2) is 11.6 Å². The van der Waals surface area contributed by atoms with E-state index in [1.807, 2.05) is 0 Å². The van der Waals surface area contributed by atoms with Crippen molar-refractivity contribution < 1.29 is 14.3 Å². The van der Waals surface area contributed by atoms with Crippen LogP contribution in [0.5, 0.6) is 0 Å². The summed E-state index contributed by atoms with van der Waals surface area (Å²) >= 11 is 0. The molecule has 4 rings (SSSR count). The summed E-state index contributed by atoms with van der Waals surface area (Å²) in [6, 6.07) is 0. The van der Waals surface area contributed by atoms with Crippen LogP contribution in [0.3, 0.4) is 0 Å². The smallest absolute Gasteiger partial charge is 0.179 e. The van der Waals surface area contributed by atoms with Crippen LogP contribution >= 0.6 is 0 Å². The van der Waals surface area contributed by atoms with Crippen molar-refractivity contribution in [2.45, 2.75) is 72.0 Å². The zero-order chi connectivity index (χ0) is 17.2. The number of hydrogen-bond donors (Lipinski definition) is 0. The normalized spacial score (nSPS) is 44.4. The van der Waals surface area contributed by atoms with Crippen molar-refractivity contribution in [2.24, 2.45) is 28.6 Å². The van der Waals surface area contributed by atoms with E-state index in [9.17, 15) is 4.79 Å². The molecule has 2 saturated carbocycles. The van der Waals surface area contributed by atoms with Crippen LogP contribution in [0, 0.1) is 28.6 Å². The molecule has 1 aliphatic heterocycles. The van der Waals surface area contributed by atoms with Gasteiger partial charge >= 0.3 is 0 Å². The first-order chi connectivity index (χ1) is 11.3. The largest absolute Gasteiger partial charge is 0.347 e. The minimum absolute atomic E-state index is 0.0171. The molecule has 0 amide bonds. The van der Waals surface area contributed by atoms with E-state index in [0.717, 1.165) is 37.7 Å². The van der Waals surface area contributed by atoms with Gasteiger partial charge in [-0.1, -0.05) is 33.8 Å². The fourth-order valence-corrected chi connectivity index (χ4v) is 6.43. The molecule has 4 aliphatic rings. The zero-order valence-electron chi connectivity index (χ0n) is 15.7. The molecular weight excluding hydrogens is 300 g/mol. The van der Waals surface area contributed by atoms with Crippen molar-refractivity contribution in [1.82, 2.24) is 0 Å². The molecule has 3 aliphatic carbocycles. The lowest BCUT2D eigenvalue weighted by Crippen LogP contribution is -2.46. The molecule has 1 saturated heterocycles. The fourth-order valence-electron chi connectivity index (χ4n) is 6.43. The second-order valence-electron chi connectivity index (χ2n) is 9.44. The molecule has 1 spiro atoms. The summed E-state index contributed by atoms with van der Waals surface area (Å²) in [6.07, 6.45) is 8.74. The highest BCUT2D eigenvalue weighted by atomic mass is 16.7. The molecule has 3 fully saturated rings. The Morgan fingerprint density at radius 2 is 1.83 bits per heavy atom. The molecule has 134 valence electrons. The Bertz CT molecular complexity index is 572. The van der Waals surface area contributed by atoms with E-state index in [4.69, 9.17) is 9.47 Å². The molecule has 0 aromatic rings. The van der Waals surface area contributed by atoms with Gasteiger partial charge in [-0.2, -0.15) is 0 Å². The highest BCUT2D eigenvalue weighted by molar-refractivity contribution is 6.00. The van der Waals surface area contributed by atoms with Gasteiger partial charge in [-0.3, -0.25) is 4.79 Å². The van der Waals surface area contributed by atoms with Crippen LogP contribution in [-0.2, 0) is 14.3 Å². The van der Waals surface area contributed by atoms with Gasteiger partial charge in [0, 0.05) is 6.42 Å². The van der Waals surface area contributed by atoms with Crippen LogP contribution in [0.15, 0.2) is 11.6 Å². The van der Waals surface area contributed by atoms with Crippen LogP contribution in [-0.4, -0.2) is 24.8 Å². The average Bonchev–Trinajstić information content (AvgIpc) is 3.07. The predicted octanol–water partition coefficient (Wildman–Crippen LogP) is 4.51. The first-order valence-electron chi connectivity index (χ1n) is 9.85. The Hall–Kier alpha value is -0.670. The maximum Gasteiger partial charge on any atom is 0.179 e. The molecule has 4 atom stereocenters. The SMILES string of the molecule is CC(C)[C@H]1CC2(OCCO2)[C@@H]2C(=O)C3=CCCC[C@@]3(C)CC[C@]12C. The lowest BCUT2D eigenvalue weighted by Gasteiger charge is -2.38. The van der Waals surface area contributed by atoms with Crippen LogP contribution in [0.25, 0.3) is 0 Å². The Morgan fingerprint density at radius 3 is 2.50 bits per heavy atom. The molecule has 0 radical (unpaired) electrons. The number of allylic oxidation sites excluding steroid dienone is 2. The summed E-state index contributed by atoms with van der Waals surface area (Å²) in [6.45, 7) is 10.5. The maximum atomic E-state index is 13.8. The van der Waals surface area contributed by atoms with E-state index in [0.29, 0.717) is 30.8 Å². The van der Waals surface area contributed by atoms with Crippen LogP contribution in [0.4, 0.5) is 0 Å². The van der Waals surface area contributed by atoms with Crippen molar-refractivity contribution in [3.8, 4) is 0 Å². The standard InChI is InChI=1S/C21H32O3/c1-14(2)16-13-21(23-11-12-24-21)18-17(22)15-7-5-6-8-19(15,3)9-10-20(16,18)4/h7,14,16,18H,5-6,8-13H2,1-4H3/t16-,18-,19+,20-/m1/s1. The van der Waals surface area contributed by atoms with E-state index in [-0.39, 0.29) is 16.7 Å². The molecule has 0 aromatic heterocycles. The number of ketones is 1. The van der Waals surface area contributed by atoms with Crippen molar-refractivity contribution >= 4 is 5.78 Å². The number of ether oxygens (including phenoxy) is 2. The lowest BCUT2D eigenvalue weighted by molar-refractivity contribution is -0.193. The van der Waals surface area contributed by atoms with Gasteiger partial charge in [0.25, 0.3) is 0 Å². The molecular formula is C21H32O3. The third kappa shape index (κ3) is 2.13. The Balaban J connectivity index is 1.84. The Kier molecular flexibility index (Phi) is 3.78. The van der Waals surface area contributed by atoms with Crippen LogP contribution < -0.4 is 0 Å². The van der Waals surface area contributed by atoms with Gasteiger partial charge < -0.3 is 9.47 Å². The number of rotatable bonds is 1. The van der Waals surface area contributed by atoms with Crippen molar-refractivity contribution in [3.05, 3.63) is 11.6 Å². The van der Waals surface area contributed by atoms with Gasteiger partial charge in [0.1, 0.15) is 0 Å². The van der Waals surface area contributed by atoms with Gasteiger partial charge in [-0.15, -0.1) is 0 Å². The fraction of sp³-hybridized carbons (Fsp3) is 0.857. The van der Waals surface area contributed by atoms with E-state index in [1.165, 1.54) is 6.42 Å². The minimum Gasteiger partial charge on any atom is -0.347 e. The predicted molar refractivity (Wildman–Crippen MR) is 93.5 cm³/mol. The zero-order valence-corrected chi connectivity index (χ0v) is 15.7. The minimum atomic E-state index is -0.662. The summed E-state index contributed by atoms with van der Waals surface area (Å²) in [5.41, 5.74) is 1.13. The number of hydrogen-bond acceptors (Lipinski definition) is 3. The summed E-state index contributed by atoms with van der Waals surface area (Å²) in [5.74, 6) is 0.561. The van der Waals surface area contributed by atoms with Crippen LogP contribution in [0.2, 0.25) is 0 Å². The summed E-state index contributed by atoms with van der Waals surface area (Å²) in [5, 5.41) is 0. The third-order valence-electron chi connectivity index (χ3n) is 7.71. The summed E-state index contributed by atoms with van der Waals surface area (Å²) in [4.78, 5) is 13.8. The van der Waals surface area contributed by atoms with Gasteiger partial charge in [-0.25, -0.2) is 0 Å². The number of carbonyl (C=O) groups excluding carboxylic acids is 1. The van der Waals surface area contributed by atoms with Crippen molar-refractivity contribution in [2.75, 3.05) is 13.2 Å². The maximum absolute atomic E-state index is 13.8. The average molecular weight is 332 g/mol. The first-order valence-corrected chi connectivity index (χ1v) is 9.85. The third-order valence-corrected chi connectivity index (χ3v) is 7.71. The molecule has 3 heteroatoms. The Morgan fingerprint density at radius 1 is 1.12 bits per heavy atom. The molecule has 1 heterocycles. The topological polar surface area (TPSA) is 35.5 Å². The molecule has 0 N–H and O–H groups in total.